The third kappa shape index (κ3) is 6.96. The van der Waals surface area contributed by atoms with E-state index in [0.717, 1.165) is 11.1 Å². The van der Waals surface area contributed by atoms with Gasteiger partial charge < -0.3 is 15.8 Å². The number of halogens is 1. The predicted octanol–water partition coefficient (Wildman–Crippen LogP) is 2.71. The zero-order chi connectivity index (χ0) is 17.4. The van der Waals surface area contributed by atoms with Crippen molar-refractivity contribution in [3.05, 3.63) is 65.2 Å². The van der Waals surface area contributed by atoms with Gasteiger partial charge in [-0.1, -0.05) is 24.3 Å². The number of carbonyl (C=O) groups is 1. The standard InChI is InChI=1S/C18H22N2O3S.ClH/c1-23-9-10-24(22)13-15-3-2-4-17(11-15)20-18(21)16-7-5-14(12-19)6-8-16;/h2-8,11H,9-10,12-13,19H2,1H3,(H,20,21);1H. The fourth-order valence-corrected chi connectivity index (χ4v) is 3.22. The molecule has 7 heteroatoms. The third-order valence-corrected chi connectivity index (χ3v) is 4.76. The van der Waals surface area contributed by atoms with Gasteiger partial charge in [0, 0.05) is 47.2 Å². The highest BCUT2D eigenvalue weighted by Gasteiger charge is 2.07. The average Bonchev–Trinajstić information content (AvgIpc) is 2.60. The van der Waals surface area contributed by atoms with E-state index in [1.54, 1.807) is 19.2 Å². The van der Waals surface area contributed by atoms with Gasteiger partial charge in [-0.05, 0) is 35.4 Å². The van der Waals surface area contributed by atoms with Crippen molar-refractivity contribution < 1.29 is 13.7 Å². The van der Waals surface area contributed by atoms with E-state index < -0.39 is 10.8 Å². The monoisotopic (exact) mass is 382 g/mol. The van der Waals surface area contributed by atoms with E-state index >= 15 is 0 Å². The molecule has 3 N–H and O–H groups in total. The molecule has 1 unspecified atom stereocenters. The number of rotatable bonds is 8. The third-order valence-electron chi connectivity index (χ3n) is 3.48. The van der Waals surface area contributed by atoms with Crippen molar-refractivity contribution in [3.63, 3.8) is 0 Å². The van der Waals surface area contributed by atoms with Crippen LogP contribution >= 0.6 is 12.4 Å². The van der Waals surface area contributed by atoms with E-state index in [0.29, 0.717) is 35.9 Å². The molecule has 136 valence electrons. The maximum absolute atomic E-state index is 12.3. The Morgan fingerprint density at radius 3 is 2.52 bits per heavy atom. The molecule has 0 bridgehead atoms. The van der Waals surface area contributed by atoms with Crippen LogP contribution in [0.5, 0.6) is 0 Å². The molecular weight excluding hydrogens is 360 g/mol. The molecule has 0 saturated heterocycles. The maximum Gasteiger partial charge on any atom is 0.255 e. The molecule has 2 aromatic carbocycles. The number of nitrogens with one attached hydrogen (secondary N) is 1. The van der Waals surface area contributed by atoms with Gasteiger partial charge in [-0.3, -0.25) is 9.00 Å². The highest BCUT2D eigenvalue weighted by Crippen LogP contribution is 2.14. The Bertz CT molecular complexity index is 708. The molecule has 0 aliphatic heterocycles. The van der Waals surface area contributed by atoms with E-state index in [1.807, 2.05) is 36.4 Å². The second-order valence-corrected chi connectivity index (χ2v) is 6.91. The van der Waals surface area contributed by atoms with Gasteiger partial charge in [0.25, 0.3) is 5.91 Å². The fourth-order valence-electron chi connectivity index (χ4n) is 2.17. The zero-order valence-electron chi connectivity index (χ0n) is 14.1. The number of methoxy groups -OCH3 is 1. The number of benzene rings is 2. The lowest BCUT2D eigenvalue weighted by Crippen LogP contribution is -2.12. The molecule has 0 aliphatic carbocycles. The van der Waals surface area contributed by atoms with E-state index in [2.05, 4.69) is 5.32 Å². The molecule has 0 heterocycles. The quantitative estimate of drug-likeness (QED) is 0.735. The molecule has 0 saturated carbocycles. The van der Waals surface area contributed by atoms with Crippen LogP contribution in [0.3, 0.4) is 0 Å². The molecule has 0 fully saturated rings. The Morgan fingerprint density at radius 1 is 1.16 bits per heavy atom. The summed E-state index contributed by atoms with van der Waals surface area (Å²) in [5.41, 5.74) is 8.70. The second-order valence-electron chi connectivity index (χ2n) is 5.34. The van der Waals surface area contributed by atoms with Crippen LogP contribution in [0, 0.1) is 0 Å². The van der Waals surface area contributed by atoms with Crippen molar-refractivity contribution in [2.24, 2.45) is 5.73 Å². The van der Waals surface area contributed by atoms with Crippen LogP contribution < -0.4 is 11.1 Å². The summed E-state index contributed by atoms with van der Waals surface area (Å²) in [6, 6.07) is 14.6. The van der Waals surface area contributed by atoms with Gasteiger partial charge in [0.05, 0.1) is 6.61 Å². The first-order valence-corrected chi connectivity index (χ1v) is 9.14. The van der Waals surface area contributed by atoms with Gasteiger partial charge >= 0.3 is 0 Å². The van der Waals surface area contributed by atoms with E-state index in [4.69, 9.17) is 10.5 Å². The molecule has 2 aromatic rings. The number of ether oxygens (including phenoxy) is 1. The molecule has 5 nitrogen and oxygen atoms in total. The first-order chi connectivity index (χ1) is 11.6. The number of hydrogen-bond donors (Lipinski definition) is 2. The molecule has 1 atom stereocenters. The lowest BCUT2D eigenvalue weighted by atomic mass is 10.1. The number of anilines is 1. The highest BCUT2D eigenvalue weighted by atomic mass is 35.5. The Morgan fingerprint density at radius 2 is 1.88 bits per heavy atom. The number of nitrogens with two attached hydrogens (primary N) is 1. The van der Waals surface area contributed by atoms with Crippen LogP contribution in [0.1, 0.15) is 21.5 Å². The first-order valence-electron chi connectivity index (χ1n) is 7.65. The van der Waals surface area contributed by atoms with Crippen LogP contribution in [0.2, 0.25) is 0 Å². The van der Waals surface area contributed by atoms with Gasteiger partial charge in [0.1, 0.15) is 0 Å². The Hall–Kier alpha value is -1.73. The normalized spacial score (nSPS) is 11.4. The van der Waals surface area contributed by atoms with Crippen molar-refractivity contribution >= 4 is 34.8 Å². The minimum Gasteiger partial charge on any atom is -0.384 e. The van der Waals surface area contributed by atoms with Crippen LogP contribution in [-0.4, -0.2) is 29.6 Å². The lowest BCUT2D eigenvalue weighted by molar-refractivity contribution is 0.102. The van der Waals surface area contributed by atoms with Crippen molar-refractivity contribution in [3.8, 4) is 0 Å². The largest absolute Gasteiger partial charge is 0.384 e. The van der Waals surface area contributed by atoms with Crippen LogP contribution in [-0.2, 0) is 27.8 Å². The van der Waals surface area contributed by atoms with E-state index in [9.17, 15) is 9.00 Å². The van der Waals surface area contributed by atoms with Gasteiger partial charge in [-0.25, -0.2) is 0 Å². The van der Waals surface area contributed by atoms with Gasteiger partial charge in [0.15, 0.2) is 0 Å². The molecule has 25 heavy (non-hydrogen) atoms. The number of carbonyl (C=O) groups excluding carboxylic acids is 1. The van der Waals surface area contributed by atoms with Gasteiger partial charge in [-0.2, -0.15) is 0 Å². The average molecular weight is 383 g/mol. The summed E-state index contributed by atoms with van der Waals surface area (Å²) >= 11 is 0. The molecule has 0 spiro atoms. The predicted molar refractivity (Wildman–Crippen MR) is 105 cm³/mol. The van der Waals surface area contributed by atoms with Crippen molar-refractivity contribution in [2.45, 2.75) is 12.3 Å². The van der Waals surface area contributed by atoms with Crippen LogP contribution in [0.4, 0.5) is 5.69 Å². The topological polar surface area (TPSA) is 81.4 Å². The van der Waals surface area contributed by atoms with Gasteiger partial charge in [-0.15, -0.1) is 12.4 Å². The smallest absolute Gasteiger partial charge is 0.255 e. The minimum atomic E-state index is -0.981. The molecule has 0 radical (unpaired) electrons. The summed E-state index contributed by atoms with van der Waals surface area (Å²) in [7, 11) is 0.610. The van der Waals surface area contributed by atoms with Crippen molar-refractivity contribution in [1.29, 1.82) is 0 Å². The van der Waals surface area contributed by atoms with Crippen molar-refractivity contribution in [2.75, 3.05) is 24.8 Å². The Balaban J connectivity index is 0.00000312. The van der Waals surface area contributed by atoms with Gasteiger partial charge in [0.2, 0.25) is 0 Å². The summed E-state index contributed by atoms with van der Waals surface area (Å²) in [6.07, 6.45) is 0. The number of amides is 1. The van der Waals surface area contributed by atoms with E-state index in [-0.39, 0.29) is 18.3 Å². The summed E-state index contributed by atoms with van der Waals surface area (Å²) in [4.78, 5) is 12.3. The zero-order valence-corrected chi connectivity index (χ0v) is 15.7. The SMILES string of the molecule is COCCS(=O)Cc1cccc(NC(=O)c2ccc(CN)cc2)c1.Cl. The van der Waals surface area contributed by atoms with E-state index in [1.165, 1.54) is 0 Å². The Kier molecular flexibility index (Phi) is 9.37. The summed E-state index contributed by atoms with van der Waals surface area (Å²) in [5, 5.41) is 2.86. The molecule has 0 aromatic heterocycles. The minimum absolute atomic E-state index is 0. The number of hydrogen-bond acceptors (Lipinski definition) is 4. The molecule has 1 amide bonds. The fraction of sp³-hybridized carbons (Fsp3) is 0.278. The highest BCUT2D eigenvalue weighted by molar-refractivity contribution is 7.84. The first kappa shape index (κ1) is 21.3. The van der Waals surface area contributed by atoms with Crippen LogP contribution in [0.15, 0.2) is 48.5 Å². The molecule has 0 aliphatic rings. The second kappa shape index (κ2) is 11.0. The summed E-state index contributed by atoms with van der Waals surface area (Å²) in [5.74, 6) is 0.759. The lowest BCUT2D eigenvalue weighted by Gasteiger charge is -2.08. The van der Waals surface area contributed by atoms with Crippen molar-refractivity contribution in [1.82, 2.24) is 0 Å². The Labute approximate surface area is 156 Å². The maximum atomic E-state index is 12.3. The summed E-state index contributed by atoms with van der Waals surface area (Å²) in [6.45, 7) is 0.923. The molecular formula is C18H23ClN2O3S. The van der Waals surface area contributed by atoms with Crippen LogP contribution in [0.25, 0.3) is 0 Å². The summed E-state index contributed by atoms with van der Waals surface area (Å²) < 4.78 is 16.9. The molecule has 2 rings (SSSR count).